The van der Waals surface area contributed by atoms with Crippen molar-refractivity contribution in [1.82, 2.24) is 9.88 Å². The molecule has 1 N–H and O–H groups in total. The first-order chi connectivity index (χ1) is 13.5. The van der Waals surface area contributed by atoms with Crippen molar-refractivity contribution in [1.29, 1.82) is 0 Å². The van der Waals surface area contributed by atoms with Crippen LogP contribution in [0.5, 0.6) is 0 Å². The van der Waals surface area contributed by atoms with Crippen LogP contribution in [-0.2, 0) is 10.0 Å². The van der Waals surface area contributed by atoms with Gasteiger partial charge in [0.1, 0.15) is 4.90 Å². The van der Waals surface area contributed by atoms with Crippen LogP contribution in [0.3, 0.4) is 0 Å². The normalized spacial score (nSPS) is 11.4. The van der Waals surface area contributed by atoms with Crippen molar-refractivity contribution >= 4 is 32.5 Å². The first kappa shape index (κ1) is 19.8. The summed E-state index contributed by atoms with van der Waals surface area (Å²) in [5.41, 5.74) is 1.34. The minimum absolute atomic E-state index is 0.0583. The molecule has 2 aromatic carbocycles. The Morgan fingerprint density at radius 2 is 1.75 bits per heavy atom. The number of amides is 1. The van der Waals surface area contributed by atoms with Crippen LogP contribution in [0, 0.1) is 0 Å². The molecule has 1 amide bonds. The minimum Gasteiger partial charge on any atom is -0.339 e. The standard InChI is InChI=1S/C21H23N3O3S/c1-3-15-24(4-2)21(25)17-10-12-18(13-11-17)23-28(26,27)19-9-5-7-16-8-6-14-22-20(16)19/h5-14,23H,3-4,15H2,1-2H3. The maximum absolute atomic E-state index is 12.8. The zero-order valence-corrected chi connectivity index (χ0v) is 16.7. The number of benzene rings is 2. The van der Waals surface area contributed by atoms with E-state index in [0.717, 1.165) is 11.8 Å². The number of hydrogen-bond acceptors (Lipinski definition) is 4. The third kappa shape index (κ3) is 4.14. The maximum atomic E-state index is 12.8. The lowest BCUT2D eigenvalue weighted by Gasteiger charge is -2.20. The number of carbonyl (C=O) groups is 1. The van der Waals surface area contributed by atoms with Gasteiger partial charge in [-0.2, -0.15) is 0 Å². The maximum Gasteiger partial charge on any atom is 0.264 e. The summed E-state index contributed by atoms with van der Waals surface area (Å²) in [5.74, 6) is -0.0583. The Balaban J connectivity index is 1.84. The Morgan fingerprint density at radius 1 is 1.04 bits per heavy atom. The summed E-state index contributed by atoms with van der Waals surface area (Å²) in [6, 6.07) is 15.1. The van der Waals surface area contributed by atoms with Crippen molar-refractivity contribution in [3.63, 3.8) is 0 Å². The lowest BCUT2D eigenvalue weighted by atomic mass is 10.2. The van der Waals surface area contributed by atoms with Crippen LogP contribution in [0.1, 0.15) is 30.6 Å². The molecule has 1 aromatic heterocycles. The molecular formula is C21H23N3O3S. The molecule has 0 saturated heterocycles. The van der Waals surface area contributed by atoms with Crippen molar-refractivity contribution in [2.75, 3.05) is 17.8 Å². The second-order valence-electron chi connectivity index (χ2n) is 6.40. The Kier molecular flexibility index (Phi) is 5.94. The average molecular weight is 398 g/mol. The quantitative estimate of drug-likeness (QED) is 0.656. The van der Waals surface area contributed by atoms with E-state index in [0.29, 0.717) is 29.9 Å². The summed E-state index contributed by atoms with van der Waals surface area (Å²) in [5, 5.41) is 0.752. The lowest BCUT2D eigenvalue weighted by molar-refractivity contribution is 0.0764. The molecule has 7 heteroatoms. The van der Waals surface area contributed by atoms with Gasteiger partial charge in [-0.3, -0.25) is 14.5 Å². The monoisotopic (exact) mass is 397 g/mol. The molecule has 0 aliphatic carbocycles. The highest BCUT2D eigenvalue weighted by atomic mass is 32.2. The van der Waals surface area contributed by atoms with E-state index in [4.69, 9.17) is 0 Å². The molecule has 0 spiro atoms. The van der Waals surface area contributed by atoms with Crippen LogP contribution in [-0.4, -0.2) is 37.3 Å². The van der Waals surface area contributed by atoms with Crippen LogP contribution >= 0.6 is 0 Å². The van der Waals surface area contributed by atoms with E-state index >= 15 is 0 Å². The number of sulfonamides is 1. The molecule has 0 aliphatic rings. The largest absolute Gasteiger partial charge is 0.339 e. The summed E-state index contributed by atoms with van der Waals surface area (Å²) in [7, 11) is -3.81. The predicted molar refractivity (Wildman–Crippen MR) is 111 cm³/mol. The second kappa shape index (κ2) is 8.39. The molecule has 0 fully saturated rings. The number of para-hydroxylation sites is 1. The Labute approximate surface area is 165 Å². The molecule has 0 bridgehead atoms. The number of anilines is 1. The molecule has 3 rings (SSSR count). The second-order valence-corrected chi connectivity index (χ2v) is 8.05. The van der Waals surface area contributed by atoms with E-state index in [1.165, 1.54) is 6.07 Å². The average Bonchev–Trinajstić information content (AvgIpc) is 2.71. The highest BCUT2D eigenvalue weighted by Gasteiger charge is 2.19. The molecule has 0 unspecified atom stereocenters. The lowest BCUT2D eigenvalue weighted by Crippen LogP contribution is -2.31. The molecule has 1 heterocycles. The first-order valence-corrected chi connectivity index (χ1v) is 10.7. The van der Waals surface area contributed by atoms with Crippen LogP contribution in [0.15, 0.2) is 65.7 Å². The fourth-order valence-corrected chi connectivity index (χ4v) is 4.28. The van der Waals surface area contributed by atoms with Crippen molar-refractivity contribution in [3.8, 4) is 0 Å². The molecule has 0 aliphatic heterocycles. The van der Waals surface area contributed by atoms with Gasteiger partial charge in [-0.15, -0.1) is 0 Å². The minimum atomic E-state index is -3.81. The number of pyridine rings is 1. The SMILES string of the molecule is CCCN(CC)C(=O)c1ccc(NS(=O)(=O)c2cccc3cccnc23)cc1. The van der Waals surface area contributed by atoms with Gasteiger partial charge < -0.3 is 4.90 Å². The Morgan fingerprint density at radius 3 is 2.43 bits per heavy atom. The van der Waals surface area contributed by atoms with Crippen LogP contribution in [0.2, 0.25) is 0 Å². The van der Waals surface area contributed by atoms with E-state index in [2.05, 4.69) is 9.71 Å². The van der Waals surface area contributed by atoms with Crippen LogP contribution < -0.4 is 4.72 Å². The highest BCUT2D eigenvalue weighted by Crippen LogP contribution is 2.23. The third-order valence-corrected chi connectivity index (χ3v) is 5.84. The van der Waals surface area contributed by atoms with E-state index in [9.17, 15) is 13.2 Å². The van der Waals surface area contributed by atoms with Crippen molar-refractivity contribution in [3.05, 3.63) is 66.4 Å². The topological polar surface area (TPSA) is 79.4 Å². The van der Waals surface area contributed by atoms with Gasteiger partial charge in [0, 0.05) is 35.9 Å². The first-order valence-electron chi connectivity index (χ1n) is 9.22. The van der Waals surface area contributed by atoms with Crippen LogP contribution in [0.4, 0.5) is 5.69 Å². The molecule has 0 atom stereocenters. The van der Waals surface area contributed by atoms with Gasteiger partial charge >= 0.3 is 0 Å². The number of hydrogen-bond donors (Lipinski definition) is 1. The predicted octanol–water partition coefficient (Wildman–Crippen LogP) is 3.91. The van der Waals surface area contributed by atoms with Gasteiger partial charge in [-0.25, -0.2) is 8.42 Å². The number of rotatable bonds is 7. The summed E-state index contributed by atoms with van der Waals surface area (Å²) in [4.78, 5) is 18.6. The number of nitrogens with one attached hydrogen (secondary N) is 1. The third-order valence-electron chi connectivity index (χ3n) is 4.43. The number of carbonyl (C=O) groups excluding carboxylic acids is 1. The number of fused-ring (bicyclic) bond motifs is 1. The molecule has 3 aromatic rings. The Bertz CT molecular complexity index is 1070. The molecule has 6 nitrogen and oxygen atoms in total. The van der Waals surface area contributed by atoms with E-state index in [1.54, 1.807) is 47.5 Å². The van der Waals surface area contributed by atoms with E-state index in [-0.39, 0.29) is 10.8 Å². The van der Waals surface area contributed by atoms with Crippen LogP contribution in [0.25, 0.3) is 10.9 Å². The van der Waals surface area contributed by atoms with Gasteiger partial charge in [0.05, 0.1) is 5.52 Å². The van der Waals surface area contributed by atoms with Gasteiger partial charge in [-0.05, 0) is 49.7 Å². The van der Waals surface area contributed by atoms with Crippen molar-refractivity contribution in [2.24, 2.45) is 0 Å². The van der Waals surface area contributed by atoms with Crippen molar-refractivity contribution < 1.29 is 13.2 Å². The fraction of sp³-hybridized carbons (Fsp3) is 0.238. The molecule has 0 radical (unpaired) electrons. The van der Waals surface area contributed by atoms with E-state index in [1.807, 2.05) is 26.0 Å². The molecule has 0 saturated carbocycles. The zero-order valence-electron chi connectivity index (χ0n) is 15.9. The fourth-order valence-electron chi connectivity index (χ4n) is 3.04. The summed E-state index contributed by atoms with van der Waals surface area (Å²) in [6.45, 7) is 5.29. The van der Waals surface area contributed by atoms with Gasteiger partial charge in [0.15, 0.2) is 0 Å². The summed E-state index contributed by atoms with van der Waals surface area (Å²) >= 11 is 0. The number of aromatic nitrogens is 1. The van der Waals surface area contributed by atoms with Gasteiger partial charge in [-0.1, -0.05) is 25.1 Å². The van der Waals surface area contributed by atoms with Gasteiger partial charge in [0.2, 0.25) is 0 Å². The van der Waals surface area contributed by atoms with E-state index < -0.39 is 10.0 Å². The summed E-state index contributed by atoms with van der Waals surface area (Å²) in [6.07, 6.45) is 2.45. The van der Waals surface area contributed by atoms with Gasteiger partial charge in [0.25, 0.3) is 15.9 Å². The molecule has 28 heavy (non-hydrogen) atoms. The Hall–Kier alpha value is -2.93. The molecular weight excluding hydrogens is 374 g/mol. The zero-order chi connectivity index (χ0) is 20.1. The highest BCUT2D eigenvalue weighted by molar-refractivity contribution is 7.93. The number of nitrogens with zero attached hydrogens (tertiary/aromatic N) is 2. The summed E-state index contributed by atoms with van der Waals surface area (Å²) < 4.78 is 28.3. The molecule has 146 valence electrons. The van der Waals surface area contributed by atoms with Crippen molar-refractivity contribution in [2.45, 2.75) is 25.2 Å². The smallest absolute Gasteiger partial charge is 0.264 e.